The zero-order valence-electron chi connectivity index (χ0n) is 18.5. The molecule has 4 rings (SSSR count). The standard InChI is InChI=1S/C25H24N4O3S2/c1-19(20-11-5-2-6-12-20)26-24(30)17-33-25-28-27-23(29(25)21-13-7-3-8-14-21)18-34(31,32)22-15-9-4-10-16-22/h2-16,19H,17-18H2,1H3,(H,26,30). The molecule has 1 heterocycles. The lowest BCUT2D eigenvalue weighted by molar-refractivity contribution is -0.119. The second-order valence-corrected chi connectivity index (χ2v) is 10.6. The van der Waals surface area contributed by atoms with Crippen LogP contribution < -0.4 is 5.32 Å². The number of amides is 1. The Labute approximate surface area is 203 Å². The van der Waals surface area contributed by atoms with Crippen molar-refractivity contribution in [3.8, 4) is 5.69 Å². The average molecular weight is 493 g/mol. The molecule has 1 aromatic heterocycles. The van der Waals surface area contributed by atoms with Gasteiger partial charge in [0.15, 0.2) is 20.8 Å². The van der Waals surface area contributed by atoms with Crippen molar-refractivity contribution in [2.45, 2.75) is 28.8 Å². The fourth-order valence-electron chi connectivity index (χ4n) is 3.44. The quantitative estimate of drug-likeness (QED) is 0.352. The molecule has 0 saturated carbocycles. The molecule has 7 nitrogen and oxygen atoms in total. The molecule has 1 N–H and O–H groups in total. The van der Waals surface area contributed by atoms with Gasteiger partial charge in [-0.3, -0.25) is 9.36 Å². The highest BCUT2D eigenvalue weighted by Gasteiger charge is 2.23. The van der Waals surface area contributed by atoms with Gasteiger partial charge < -0.3 is 5.32 Å². The summed E-state index contributed by atoms with van der Waals surface area (Å²) in [5, 5.41) is 11.8. The molecule has 1 amide bonds. The largest absolute Gasteiger partial charge is 0.349 e. The Hall–Kier alpha value is -3.43. The van der Waals surface area contributed by atoms with Gasteiger partial charge in [-0.1, -0.05) is 78.5 Å². The lowest BCUT2D eigenvalue weighted by Gasteiger charge is -2.14. The van der Waals surface area contributed by atoms with Crippen LogP contribution in [0.25, 0.3) is 5.69 Å². The van der Waals surface area contributed by atoms with Gasteiger partial charge in [-0.15, -0.1) is 10.2 Å². The third kappa shape index (κ3) is 5.73. The van der Waals surface area contributed by atoms with E-state index in [1.807, 2.05) is 67.6 Å². The van der Waals surface area contributed by atoms with E-state index in [2.05, 4.69) is 15.5 Å². The molecule has 4 aromatic rings. The van der Waals surface area contributed by atoms with E-state index in [4.69, 9.17) is 0 Å². The van der Waals surface area contributed by atoms with Crippen molar-refractivity contribution in [3.05, 3.63) is 102 Å². The highest BCUT2D eigenvalue weighted by Crippen LogP contribution is 2.25. The van der Waals surface area contributed by atoms with Crippen molar-refractivity contribution in [2.75, 3.05) is 5.75 Å². The van der Waals surface area contributed by atoms with E-state index >= 15 is 0 Å². The fourth-order valence-corrected chi connectivity index (χ4v) is 5.49. The monoisotopic (exact) mass is 492 g/mol. The number of carbonyl (C=O) groups is 1. The van der Waals surface area contributed by atoms with Crippen molar-refractivity contribution in [3.63, 3.8) is 0 Å². The number of thioether (sulfide) groups is 1. The van der Waals surface area contributed by atoms with Gasteiger partial charge in [-0.25, -0.2) is 8.42 Å². The summed E-state index contributed by atoms with van der Waals surface area (Å²) in [6.45, 7) is 1.93. The molecule has 1 atom stereocenters. The van der Waals surface area contributed by atoms with E-state index in [0.717, 1.165) is 11.3 Å². The van der Waals surface area contributed by atoms with Crippen LogP contribution in [-0.2, 0) is 20.4 Å². The Morgan fingerprint density at radius 2 is 1.50 bits per heavy atom. The number of nitrogens with zero attached hydrogens (tertiary/aromatic N) is 3. The second-order valence-electron chi connectivity index (χ2n) is 7.63. The number of para-hydroxylation sites is 1. The van der Waals surface area contributed by atoms with Crippen LogP contribution in [0.2, 0.25) is 0 Å². The predicted molar refractivity (Wildman–Crippen MR) is 132 cm³/mol. The summed E-state index contributed by atoms with van der Waals surface area (Å²) < 4.78 is 27.6. The number of sulfone groups is 1. The van der Waals surface area contributed by atoms with Crippen LogP contribution in [0, 0.1) is 0 Å². The summed E-state index contributed by atoms with van der Waals surface area (Å²) in [5.74, 6) is -0.0531. The zero-order chi connectivity index (χ0) is 24.0. The molecule has 0 saturated heterocycles. The smallest absolute Gasteiger partial charge is 0.230 e. The maximum absolute atomic E-state index is 13.0. The number of carbonyl (C=O) groups excluding carboxylic acids is 1. The van der Waals surface area contributed by atoms with Crippen LogP contribution in [-0.4, -0.2) is 34.8 Å². The molecule has 0 aliphatic carbocycles. The molecule has 0 aliphatic heterocycles. The van der Waals surface area contributed by atoms with Gasteiger partial charge in [0.1, 0.15) is 5.75 Å². The molecule has 34 heavy (non-hydrogen) atoms. The van der Waals surface area contributed by atoms with Gasteiger partial charge in [0.05, 0.1) is 16.7 Å². The van der Waals surface area contributed by atoms with Crippen molar-refractivity contribution in [1.29, 1.82) is 0 Å². The van der Waals surface area contributed by atoms with Gasteiger partial charge in [0.2, 0.25) is 5.91 Å². The average Bonchev–Trinajstić information content (AvgIpc) is 3.26. The van der Waals surface area contributed by atoms with Crippen molar-refractivity contribution in [2.24, 2.45) is 0 Å². The highest BCUT2D eigenvalue weighted by atomic mass is 32.2. The van der Waals surface area contributed by atoms with Gasteiger partial charge in [0.25, 0.3) is 0 Å². The number of nitrogens with one attached hydrogen (secondary N) is 1. The summed E-state index contributed by atoms with van der Waals surface area (Å²) in [4.78, 5) is 12.8. The maximum atomic E-state index is 13.0. The van der Waals surface area contributed by atoms with Crippen molar-refractivity contribution < 1.29 is 13.2 Å². The first-order valence-corrected chi connectivity index (χ1v) is 13.3. The summed E-state index contributed by atoms with van der Waals surface area (Å²) in [6, 6.07) is 27.1. The first-order chi connectivity index (χ1) is 16.4. The van der Waals surface area contributed by atoms with Crippen LogP contribution in [0.3, 0.4) is 0 Å². The second kappa shape index (κ2) is 10.7. The zero-order valence-corrected chi connectivity index (χ0v) is 20.2. The minimum Gasteiger partial charge on any atom is -0.349 e. The summed E-state index contributed by atoms with van der Waals surface area (Å²) in [7, 11) is -3.62. The first-order valence-electron chi connectivity index (χ1n) is 10.7. The molecular formula is C25H24N4O3S2. The molecule has 1 unspecified atom stereocenters. The Kier molecular flexibility index (Phi) is 7.44. The van der Waals surface area contributed by atoms with Gasteiger partial charge in [0, 0.05) is 5.69 Å². The topological polar surface area (TPSA) is 94.0 Å². The van der Waals surface area contributed by atoms with E-state index in [-0.39, 0.29) is 34.2 Å². The van der Waals surface area contributed by atoms with Crippen LogP contribution in [0.4, 0.5) is 0 Å². The number of benzene rings is 3. The molecule has 0 fully saturated rings. The Bertz CT molecular complexity index is 1340. The molecule has 3 aromatic carbocycles. The third-order valence-electron chi connectivity index (χ3n) is 5.15. The molecule has 174 valence electrons. The maximum Gasteiger partial charge on any atom is 0.230 e. The van der Waals surface area contributed by atoms with Crippen molar-refractivity contribution >= 4 is 27.5 Å². The van der Waals surface area contributed by atoms with E-state index in [1.54, 1.807) is 34.9 Å². The molecule has 0 bridgehead atoms. The number of aromatic nitrogens is 3. The lowest BCUT2D eigenvalue weighted by atomic mass is 10.1. The first kappa shape index (κ1) is 23.7. The molecule has 9 heteroatoms. The van der Waals surface area contributed by atoms with Crippen molar-refractivity contribution in [1.82, 2.24) is 20.1 Å². The third-order valence-corrected chi connectivity index (χ3v) is 7.70. The SMILES string of the molecule is CC(NC(=O)CSc1nnc(CS(=O)(=O)c2ccccc2)n1-c1ccccc1)c1ccccc1. The van der Waals surface area contributed by atoms with Crippen LogP contribution in [0.5, 0.6) is 0 Å². The summed E-state index contributed by atoms with van der Waals surface area (Å²) in [6.07, 6.45) is 0. The molecule has 0 aliphatic rings. The van der Waals surface area contributed by atoms with Crippen LogP contribution in [0.1, 0.15) is 24.4 Å². The number of rotatable bonds is 9. The van der Waals surface area contributed by atoms with E-state index < -0.39 is 9.84 Å². The van der Waals surface area contributed by atoms with Gasteiger partial charge >= 0.3 is 0 Å². The minimum atomic E-state index is -3.62. The van der Waals surface area contributed by atoms with Crippen LogP contribution in [0.15, 0.2) is 101 Å². The Balaban J connectivity index is 1.54. The Morgan fingerprint density at radius 1 is 0.912 bits per heavy atom. The van der Waals surface area contributed by atoms with E-state index in [1.165, 1.54) is 11.8 Å². The van der Waals surface area contributed by atoms with Crippen LogP contribution >= 0.6 is 11.8 Å². The number of hydrogen-bond acceptors (Lipinski definition) is 6. The normalized spacial score (nSPS) is 12.3. The summed E-state index contributed by atoms with van der Waals surface area (Å²) in [5.41, 5.74) is 1.74. The summed E-state index contributed by atoms with van der Waals surface area (Å²) >= 11 is 1.21. The van der Waals surface area contributed by atoms with Gasteiger partial charge in [-0.05, 0) is 36.8 Å². The minimum absolute atomic E-state index is 0.119. The lowest BCUT2D eigenvalue weighted by Crippen LogP contribution is -2.28. The molecule has 0 spiro atoms. The predicted octanol–water partition coefficient (Wildman–Crippen LogP) is 4.21. The number of hydrogen-bond donors (Lipinski definition) is 1. The molecular weight excluding hydrogens is 468 g/mol. The Morgan fingerprint density at radius 3 is 2.15 bits per heavy atom. The van der Waals surface area contributed by atoms with Gasteiger partial charge in [-0.2, -0.15) is 0 Å². The highest BCUT2D eigenvalue weighted by molar-refractivity contribution is 7.99. The van der Waals surface area contributed by atoms with E-state index in [9.17, 15) is 13.2 Å². The molecule has 0 radical (unpaired) electrons. The fraction of sp³-hybridized carbons (Fsp3) is 0.160. The van der Waals surface area contributed by atoms with E-state index in [0.29, 0.717) is 5.16 Å².